The van der Waals surface area contributed by atoms with Crippen molar-refractivity contribution < 1.29 is 0 Å². The Kier molecular flexibility index (Phi) is 8.78. The molecule has 0 saturated heterocycles. The third-order valence-electron chi connectivity index (χ3n) is 2.77. The van der Waals surface area contributed by atoms with Crippen molar-refractivity contribution in [2.75, 3.05) is 6.54 Å². The molecule has 1 heteroatoms. The third-order valence-corrected chi connectivity index (χ3v) is 2.77. The van der Waals surface area contributed by atoms with E-state index in [4.69, 9.17) is 0 Å². The summed E-state index contributed by atoms with van der Waals surface area (Å²) in [6, 6.07) is 0.595. The zero-order chi connectivity index (χ0) is 10.8. The molecule has 0 aliphatic heterocycles. The van der Waals surface area contributed by atoms with Gasteiger partial charge in [-0.05, 0) is 25.8 Å². The van der Waals surface area contributed by atoms with Crippen LogP contribution in [-0.2, 0) is 0 Å². The molecule has 0 aromatic rings. The van der Waals surface area contributed by atoms with Crippen LogP contribution < -0.4 is 5.32 Å². The van der Waals surface area contributed by atoms with E-state index in [1.54, 1.807) is 0 Å². The van der Waals surface area contributed by atoms with E-state index in [9.17, 15) is 0 Å². The molecule has 1 nitrogen and oxygen atoms in total. The van der Waals surface area contributed by atoms with Crippen LogP contribution in [0.2, 0.25) is 0 Å². The second kappa shape index (κ2) is 9.09. The Morgan fingerprint density at radius 3 is 2.21 bits per heavy atom. The highest BCUT2D eigenvalue weighted by molar-refractivity contribution is 4.99. The first-order valence-corrected chi connectivity index (χ1v) is 5.93. The van der Waals surface area contributed by atoms with E-state index < -0.39 is 0 Å². The summed E-state index contributed by atoms with van der Waals surface area (Å²) in [6.07, 6.45) is 4.71. The Morgan fingerprint density at radius 1 is 1.14 bits per heavy atom. The van der Waals surface area contributed by atoms with Gasteiger partial charge >= 0.3 is 0 Å². The van der Waals surface area contributed by atoms with Crippen molar-refractivity contribution >= 4 is 0 Å². The largest absolute Gasteiger partial charge is 0.313 e. The second-order valence-electron chi connectivity index (χ2n) is 3.77. The molecule has 0 aliphatic rings. The first-order valence-electron chi connectivity index (χ1n) is 5.93. The highest BCUT2D eigenvalue weighted by Crippen LogP contribution is 2.15. The van der Waals surface area contributed by atoms with Crippen LogP contribution in [0.1, 0.15) is 53.4 Å². The van der Waals surface area contributed by atoms with Gasteiger partial charge in [-0.15, -0.1) is 11.8 Å². The van der Waals surface area contributed by atoms with Gasteiger partial charge < -0.3 is 5.32 Å². The average Bonchev–Trinajstić information content (AvgIpc) is 2.22. The number of hydrogen-bond donors (Lipinski definition) is 1. The van der Waals surface area contributed by atoms with Gasteiger partial charge in [0.25, 0.3) is 0 Å². The lowest BCUT2D eigenvalue weighted by molar-refractivity contribution is 0.338. The molecule has 0 aromatic carbocycles. The van der Waals surface area contributed by atoms with Crippen LogP contribution in [0.4, 0.5) is 0 Å². The summed E-state index contributed by atoms with van der Waals surface area (Å²) < 4.78 is 0. The molecule has 0 fully saturated rings. The van der Waals surface area contributed by atoms with Gasteiger partial charge in [0.05, 0.1) is 0 Å². The lowest BCUT2D eigenvalue weighted by Crippen LogP contribution is -2.36. The van der Waals surface area contributed by atoms with E-state index in [-0.39, 0.29) is 0 Å². The Hall–Kier alpha value is -0.480. The number of nitrogens with one attached hydrogen (secondary N) is 1. The maximum absolute atomic E-state index is 3.60. The molecular weight excluding hydrogens is 170 g/mol. The van der Waals surface area contributed by atoms with E-state index in [2.05, 4.69) is 37.9 Å². The highest BCUT2D eigenvalue weighted by atomic mass is 14.9. The minimum absolute atomic E-state index is 0.595. The first-order chi connectivity index (χ1) is 6.79. The molecule has 0 bridgehead atoms. The van der Waals surface area contributed by atoms with Gasteiger partial charge in [0, 0.05) is 12.5 Å². The van der Waals surface area contributed by atoms with Crippen LogP contribution in [-0.4, -0.2) is 12.6 Å². The molecule has 0 aromatic heterocycles. The Balaban J connectivity index is 4.10. The zero-order valence-corrected chi connectivity index (χ0v) is 10.2. The lowest BCUT2D eigenvalue weighted by Gasteiger charge is -2.24. The van der Waals surface area contributed by atoms with Crippen LogP contribution in [0.25, 0.3) is 0 Å². The van der Waals surface area contributed by atoms with E-state index in [0.717, 1.165) is 18.9 Å². The minimum atomic E-state index is 0.595. The maximum atomic E-state index is 3.60. The first kappa shape index (κ1) is 13.5. The van der Waals surface area contributed by atoms with Crippen molar-refractivity contribution in [2.24, 2.45) is 5.92 Å². The van der Waals surface area contributed by atoms with Crippen LogP contribution in [0.3, 0.4) is 0 Å². The average molecular weight is 195 g/mol. The van der Waals surface area contributed by atoms with Gasteiger partial charge in [0.2, 0.25) is 0 Å². The Morgan fingerprint density at radius 2 is 1.79 bits per heavy atom. The van der Waals surface area contributed by atoms with Crippen LogP contribution in [0.5, 0.6) is 0 Å². The van der Waals surface area contributed by atoms with E-state index in [0.29, 0.717) is 6.04 Å². The van der Waals surface area contributed by atoms with Crippen molar-refractivity contribution in [3.8, 4) is 11.8 Å². The molecule has 0 heterocycles. The number of hydrogen-bond acceptors (Lipinski definition) is 1. The van der Waals surface area contributed by atoms with Crippen molar-refractivity contribution in [1.82, 2.24) is 5.32 Å². The summed E-state index contributed by atoms with van der Waals surface area (Å²) >= 11 is 0. The predicted molar refractivity (Wildman–Crippen MR) is 64.2 cm³/mol. The van der Waals surface area contributed by atoms with Gasteiger partial charge in [-0.3, -0.25) is 0 Å². The topological polar surface area (TPSA) is 12.0 Å². The smallest absolute Gasteiger partial charge is 0.0245 e. The van der Waals surface area contributed by atoms with E-state index >= 15 is 0 Å². The standard InChI is InChI=1S/C13H25N/c1-5-9-10-13(14-11-6-2)12(7-3)8-4/h12-14H,6-8,10-11H2,1-4H3. The zero-order valence-electron chi connectivity index (χ0n) is 10.2. The Bertz CT molecular complexity index is 171. The summed E-state index contributed by atoms with van der Waals surface area (Å²) in [6.45, 7) is 9.79. The minimum Gasteiger partial charge on any atom is -0.313 e. The number of rotatable bonds is 7. The van der Waals surface area contributed by atoms with Crippen LogP contribution in [0, 0.1) is 17.8 Å². The molecule has 1 N–H and O–H groups in total. The van der Waals surface area contributed by atoms with Crippen molar-refractivity contribution in [3.63, 3.8) is 0 Å². The lowest BCUT2D eigenvalue weighted by atomic mass is 9.92. The van der Waals surface area contributed by atoms with Crippen molar-refractivity contribution in [3.05, 3.63) is 0 Å². The van der Waals surface area contributed by atoms with Gasteiger partial charge in [-0.2, -0.15) is 0 Å². The van der Waals surface area contributed by atoms with E-state index in [1.807, 2.05) is 6.92 Å². The van der Waals surface area contributed by atoms with Gasteiger partial charge in [0.15, 0.2) is 0 Å². The fraction of sp³-hybridized carbons (Fsp3) is 0.846. The fourth-order valence-corrected chi connectivity index (χ4v) is 1.80. The normalized spacial score (nSPS) is 12.4. The van der Waals surface area contributed by atoms with E-state index in [1.165, 1.54) is 19.3 Å². The van der Waals surface area contributed by atoms with Gasteiger partial charge in [-0.25, -0.2) is 0 Å². The highest BCUT2D eigenvalue weighted by Gasteiger charge is 2.15. The fourth-order valence-electron chi connectivity index (χ4n) is 1.80. The van der Waals surface area contributed by atoms with Crippen molar-refractivity contribution in [2.45, 2.75) is 59.4 Å². The molecule has 1 atom stereocenters. The molecule has 0 saturated carbocycles. The SMILES string of the molecule is CC#CCC(NCCC)C(CC)CC. The summed E-state index contributed by atoms with van der Waals surface area (Å²) in [5.41, 5.74) is 0. The van der Waals surface area contributed by atoms with Crippen molar-refractivity contribution in [1.29, 1.82) is 0 Å². The molecule has 0 amide bonds. The maximum Gasteiger partial charge on any atom is 0.0245 e. The molecule has 0 aliphatic carbocycles. The summed E-state index contributed by atoms with van der Waals surface area (Å²) in [5, 5.41) is 3.60. The molecular formula is C13H25N. The molecule has 0 radical (unpaired) electrons. The quantitative estimate of drug-likeness (QED) is 0.615. The van der Waals surface area contributed by atoms with Gasteiger partial charge in [0.1, 0.15) is 0 Å². The molecule has 1 unspecified atom stereocenters. The summed E-state index contributed by atoms with van der Waals surface area (Å²) in [7, 11) is 0. The third kappa shape index (κ3) is 5.29. The molecule has 0 spiro atoms. The summed E-state index contributed by atoms with van der Waals surface area (Å²) in [4.78, 5) is 0. The monoisotopic (exact) mass is 195 g/mol. The summed E-state index contributed by atoms with van der Waals surface area (Å²) in [5.74, 6) is 6.96. The predicted octanol–water partition coefficient (Wildman–Crippen LogP) is 3.20. The second-order valence-corrected chi connectivity index (χ2v) is 3.77. The van der Waals surface area contributed by atoms with Crippen LogP contribution >= 0.6 is 0 Å². The molecule has 14 heavy (non-hydrogen) atoms. The molecule has 0 rings (SSSR count). The Labute approximate surface area is 89.7 Å². The molecule has 82 valence electrons. The van der Waals surface area contributed by atoms with Gasteiger partial charge in [-0.1, -0.05) is 33.6 Å². The van der Waals surface area contributed by atoms with Crippen LogP contribution in [0.15, 0.2) is 0 Å².